The van der Waals surface area contributed by atoms with Crippen molar-refractivity contribution in [2.45, 2.75) is 4.90 Å². The summed E-state index contributed by atoms with van der Waals surface area (Å²) in [6, 6.07) is 7.86. The molecule has 1 rings (SSSR count). The van der Waals surface area contributed by atoms with Gasteiger partial charge in [-0.25, -0.2) is 0 Å². The zero-order chi connectivity index (χ0) is 9.03. The first-order valence-electron chi connectivity index (χ1n) is 3.31. The Hall–Kier alpha value is 0.0900. The third kappa shape index (κ3) is 3.76. The van der Waals surface area contributed by atoms with E-state index in [1.165, 1.54) is 12.1 Å². The molecule has 0 aliphatic carbocycles. The normalized spacial score (nSPS) is 10.5. The fraction of sp³-hybridized carbons (Fsp3) is 0.143. The first kappa shape index (κ1) is 13.1. The van der Waals surface area contributed by atoms with E-state index in [9.17, 15) is 8.42 Å². The van der Waals surface area contributed by atoms with Crippen molar-refractivity contribution >= 4 is 10.1 Å². The second kappa shape index (κ2) is 5.74. The van der Waals surface area contributed by atoms with Gasteiger partial charge < -0.3 is 7.16 Å². The maximum Gasteiger partial charge on any atom is 1.00 e. The maximum atomic E-state index is 11.1. The van der Waals surface area contributed by atoms with E-state index in [0.29, 0.717) is 0 Å². The van der Waals surface area contributed by atoms with Crippen molar-refractivity contribution in [3.05, 3.63) is 30.3 Å². The third-order valence-electron chi connectivity index (χ3n) is 1.26. The summed E-state index contributed by atoms with van der Waals surface area (Å²) in [5.74, 6) is 0. The van der Waals surface area contributed by atoms with Crippen molar-refractivity contribution in [2.75, 3.05) is 6.73 Å². The molecule has 1 aromatic rings. The summed E-state index contributed by atoms with van der Waals surface area (Å²) in [6.45, 7) is -0.336. The van der Waals surface area contributed by atoms with Gasteiger partial charge in [-0.2, -0.15) is 8.42 Å². The fourth-order valence-corrected chi connectivity index (χ4v) is 1.55. The van der Waals surface area contributed by atoms with Gasteiger partial charge in [0.2, 0.25) is 0 Å². The molecule has 0 saturated carbocycles. The number of benzene rings is 1. The van der Waals surface area contributed by atoms with Gasteiger partial charge in [0.05, 0.1) is 4.90 Å². The van der Waals surface area contributed by atoms with E-state index < -0.39 is 10.1 Å². The standard InChI is InChI=1S/C7H9NO3S.Na.H/c8-6-11-12(9,10)7-4-2-1-3-5-7;;/h1-5H,6,8H2;;/q;+1;-1. The molecule has 0 aromatic heterocycles. The second-order valence-corrected chi connectivity index (χ2v) is 3.67. The van der Waals surface area contributed by atoms with Crippen LogP contribution >= 0.6 is 0 Å². The predicted molar refractivity (Wildman–Crippen MR) is 44.9 cm³/mol. The van der Waals surface area contributed by atoms with E-state index in [4.69, 9.17) is 5.73 Å². The molecular formula is C7H10NNaO3S. The van der Waals surface area contributed by atoms with E-state index in [-0.39, 0.29) is 42.6 Å². The Balaban J connectivity index is 0. The molecular weight excluding hydrogens is 201 g/mol. The maximum absolute atomic E-state index is 11.1. The molecule has 2 N–H and O–H groups in total. The molecule has 0 saturated heterocycles. The van der Waals surface area contributed by atoms with Gasteiger partial charge in [0.15, 0.2) is 0 Å². The van der Waals surface area contributed by atoms with Gasteiger partial charge in [-0.05, 0) is 12.1 Å². The number of nitrogens with two attached hydrogens (primary N) is 1. The summed E-state index contributed by atoms with van der Waals surface area (Å²) in [7, 11) is -3.64. The van der Waals surface area contributed by atoms with Crippen LogP contribution in [0.25, 0.3) is 0 Å². The first-order chi connectivity index (χ1) is 5.67. The molecule has 0 atom stereocenters. The van der Waals surface area contributed by atoms with Crippen molar-refractivity contribution in [3.8, 4) is 0 Å². The Labute approximate surface area is 101 Å². The molecule has 0 heterocycles. The first-order valence-corrected chi connectivity index (χ1v) is 4.72. The van der Waals surface area contributed by atoms with Crippen LogP contribution < -0.4 is 35.3 Å². The average molecular weight is 211 g/mol. The van der Waals surface area contributed by atoms with Gasteiger partial charge >= 0.3 is 29.6 Å². The van der Waals surface area contributed by atoms with E-state index in [1.807, 2.05) is 0 Å². The molecule has 0 bridgehead atoms. The zero-order valence-electron chi connectivity index (χ0n) is 8.30. The molecule has 0 fully saturated rings. The Kier molecular flexibility index (Phi) is 5.78. The van der Waals surface area contributed by atoms with Crippen LogP contribution in [0, 0.1) is 0 Å². The van der Waals surface area contributed by atoms with Crippen molar-refractivity contribution in [1.29, 1.82) is 0 Å². The van der Waals surface area contributed by atoms with E-state index in [2.05, 4.69) is 4.18 Å². The van der Waals surface area contributed by atoms with Gasteiger partial charge in [-0.1, -0.05) is 18.2 Å². The van der Waals surface area contributed by atoms with Crippen LogP contribution in [0.15, 0.2) is 35.2 Å². The van der Waals surface area contributed by atoms with Crippen molar-refractivity contribution in [3.63, 3.8) is 0 Å². The average Bonchev–Trinajstić information content (AvgIpc) is 2.06. The zero-order valence-corrected chi connectivity index (χ0v) is 10.1. The molecule has 0 aliphatic heterocycles. The summed E-state index contributed by atoms with van der Waals surface area (Å²) in [5.41, 5.74) is 4.95. The van der Waals surface area contributed by atoms with Crippen LogP contribution in [0.3, 0.4) is 0 Å². The quantitative estimate of drug-likeness (QED) is 0.339. The second-order valence-electron chi connectivity index (χ2n) is 2.05. The Morgan fingerprint density at radius 3 is 2.31 bits per heavy atom. The van der Waals surface area contributed by atoms with Crippen LogP contribution in [-0.2, 0) is 14.3 Å². The van der Waals surface area contributed by atoms with Crippen LogP contribution in [0.1, 0.15) is 1.43 Å². The fourth-order valence-electron chi connectivity index (χ4n) is 0.745. The summed E-state index contributed by atoms with van der Waals surface area (Å²) >= 11 is 0. The summed E-state index contributed by atoms with van der Waals surface area (Å²) in [4.78, 5) is 0.121. The van der Waals surface area contributed by atoms with E-state index >= 15 is 0 Å². The van der Waals surface area contributed by atoms with E-state index in [0.717, 1.165) is 0 Å². The van der Waals surface area contributed by atoms with Crippen LogP contribution in [0.5, 0.6) is 0 Å². The summed E-state index contributed by atoms with van der Waals surface area (Å²) < 4.78 is 26.6. The summed E-state index contributed by atoms with van der Waals surface area (Å²) in [5, 5.41) is 0. The molecule has 4 nitrogen and oxygen atoms in total. The number of hydrogen-bond acceptors (Lipinski definition) is 4. The molecule has 0 spiro atoms. The van der Waals surface area contributed by atoms with Crippen LogP contribution in [-0.4, -0.2) is 15.1 Å². The van der Waals surface area contributed by atoms with Gasteiger partial charge in [-0.3, -0.25) is 4.18 Å². The molecule has 0 radical (unpaired) electrons. The molecule has 13 heavy (non-hydrogen) atoms. The largest absolute Gasteiger partial charge is 1.00 e. The Morgan fingerprint density at radius 2 is 1.85 bits per heavy atom. The van der Waals surface area contributed by atoms with Gasteiger partial charge in [0, 0.05) is 0 Å². The van der Waals surface area contributed by atoms with Crippen molar-refractivity contribution in [1.82, 2.24) is 0 Å². The molecule has 0 amide bonds. The Bertz CT molecular complexity index is 343. The minimum atomic E-state index is -3.64. The minimum Gasteiger partial charge on any atom is -1.00 e. The van der Waals surface area contributed by atoms with Crippen molar-refractivity contribution in [2.24, 2.45) is 5.73 Å². The minimum absolute atomic E-state index is 0. The summed E-state index contributed by atoms with van der Waals surface area (Å²) in [6.07, 6.45) is 0. The van der Waals surface area contributed by atoms with Gasteiger partial charge in [-0.15, -0.1) is 0 Å². The molecule has 1 aromatic carbocycles. The number of rotatable bonds is 3. The third-order valence-corrected chi connectivity index (χ3v) is 2.55. The Morgan fingerprint density at radius 1 is 1.31 bits per heavy atom. The SMILES string of the molecule is NCOS(=O)(=O)c1ccccc1.[H-].[Na+]. The topological polar surface area (TPSA) is 69.4 Å². The smallest absolute Gasteiger partial charge is 1.00 e. The van der Waals surface area contributed by atoms with E-state index in [1.54, 1.807) is 18.2 Å². The monoisotopic (exact) mass is 211 g/mol. The predicted octanol–water partition coefficient (Wildman–Crippen LogP) is -2.58. The number of hydrogen-bond donors (Lipinski definition) is 1. The molecule has 6 heteroatoms. The van der Waals surface area contributed by atoms with Gasteiger partial charge in [0.1, 0.15) is 6.73 Å². The van der Waals surface area contributed by atoms with Gasteiger partial charge in [0.25, 0.3) is 10.1 Å². The molecule has 0 unspecified atom stereocenters. The molecule has 68 valence electrons. The molecule has 0 aliphatic rings. The van der Waals surface area contributed by atoms with Crippen molar-refractivity contribution < 1.29 is 43.6 Å². The van der Waals surface area contributed by atoms with Crippen LogP contribution in [0.2, 0.25) is 0 Å². The van der Waals surface area contributed by atoms with Crippen LogP contribution in [0.4, 0.5) is 0 Å².